The molecular formula is C55H47F3N6O10. The standard InChI is InChI=1S/C19H18N2O4.C18H13F3N2O3.C18H16N2O3/c1-21-11-17(15-6-4-5-7-16(15)19(21)23)18(22)20-12-8-13(24-2)10-14(9-12)25-3;1-23-10-15(13-4-2-3-5-14(13)17(23)25)16(24)22-11-6-8-12(9-7-11)26-18(19,20)21;1-20-11-16(14-8-3-4-9-15(14)18(20)22)17(21)19-12-6-5-7-13(10-12)23-2/h4-11H,1-3H3,(H,20,22);2-10H,1H3,(H,22,24);3-11H,1-2H3,(H,19,21). The van der Waals surface area contributed by atoms with Crippen molar-refractivity contribution >= 4 is 67.1 Å². The average Bonchev–Trinajstić information content (AvgIpc) is 3.39. The summed E-state index contributed by atoms with van der Waals surface area (Å²) in [7, 11) is 9.45. The number of anilines is 3. The minimum Gasteiger partial charge on any atom is -0.497 e. The Morgan fingerprint density at radius 3 is 1.14 bits per heavy atom. The van der Waals surface area contributed by atoms with Crippen LogP contribution >= 0.6 is 0 Å². The molecule has 0 atom stereocenters. The van der Waals surface area contributed by atoms with Crippen molar-refractivity contribution in [2.24, 2.45) is 21.1 Å². The number of rotatable bonds is 10. The van der Waals surface area contributed by atoms with Crippen LogP contribution in [0.3, 0.4) is 0 Å². The summed E-state index contributed by atoms with van der Waals surface area (Å²) in [6.45, 7) is 0. The number of amides is 3. The van der Waals surface area contributed by atoms with Gasteiger partial charge in [0, 0.05) is 113 Å². The number of carbonyl (C=O) groups is 3. The van der Waals surface area contributed by atoms with Crippen molar-refractivity contribution in [1.82, 2.24) is 13.7 Å². The SMILES string of the molecule is COc1cc(NC(=O)c2cn(C)c(=O)c3ccccc23)cc(OC)c1.COc1cccc(NC(=O)c2cn(C)c(=O)c3ccccc23)c1.Cn1cc(C(=O)Nc2ccc(OC(F)(F)F)cc2)c2ccccc2c1=O. The van der Waals surface area contributed by atoms with E-state index < -0.39 is 12.3 Å². The van der Waals surface area contributed by atoms with Crippen LogP contribution in [0.15, 0.2) is 173 Å². The first-order valence-electron chi connectivity index (χ1n) is 22.3. The Kier molecular flexibility index (Phi) is 15.9. The number of hydrogen-bond donors (Lipinski definition) is 3. The van der Waals surface area contributed by atoms with Crippen LogP contribution < -0.4 is 51.6 Å². The Bertz CT molecular complexity index is 3740. The Balaban J connectivity index is 0.000000162. The van der Waals surface area contributed by atoms with Gasteiger partial charge in [0.2, 0.25) is 0 Å². The van der Waals surface area contributed by atoms with Gasteiger partial charge in [-0.15, -0.1) is 13.2 Å². The second kappa shape index (κ2) is 22.6. The van der Waals surface area contributed by atoms with E-state index in [0.717, 1.165) is 12.1 Å². The predicted molar refractivity (Wildman–Crippen MR) is 277 cm³/mol. The lowest BCUT2D eigenvalue weighted by Gasteiger charge is -2.12. The van der Waals surface area contributed by atoms with Crippen LogP contribution in [0.2, 0.25) is 0 Å². The number of nitrogens with one attached hydrogen (secondary N) is 3. The van der Waals surface area contributed by atoms with Crippen molar-refractivity contribution < 1.29 is 46.5 Å². The number of pyridine rings is 3. The summed E-state index contributed by atoms with van der Waals surface area (Å²) >= 11 is 0. The molecule has 3 aromatic heterocycles. The molecule has 0 aliphatic heterocycles. The molecular weight excluding hydrogens is 962 g/mol. The first kappa shape index (κ1) is 52.2. The molecule has 6 aromatic carbocycles. The number of aromatic nitrogens is 3. The van der Waals surface area contributed by atoms with E-state index in [-0.39, 0.29) is 39.8 Å². The molecule has 16 nitrogen and oxygen atoms in total. The monoisotopic (exact) mass is 1010 g/mol. The number of aryl methyl sites for hydroxylation is 3. The third-order valence-corrected chi connectivity index (χ3v) is 11.3. The second-order valence-corrected chi connectivity index (χ2v) is 16.3. The molecule has 19 heteroatoms. The molecule has 9 rings (SSSR count). The summed E-state index contributed by atoms with van der Waals surface area (Å²) < 4.78 is 60.0. The van der Waals surface area contributed by atoms with Gasteiger partial charge in [-0.2, -0.15) is 0 Å². The van der Waals surface area contributed by atoms with Crippen LogP contribution in [0, 0.1) is 0 Å². The zero-order valence-electron chi connectivity index (χ0n) is 40.6. The molecule has 3 heterocycles. The molecule has 0 radical (unpaired) electrons. The molecule has 0 aliphatic carbocycles. The molecule has 0 fully saturated rings. The maximum Gasteiger partial charge on any atom is 0.573 e. The van der Waals surface area contributed by atoms with E-state index in [1.54, 1.807) is 151 Å². The van der Waals surface area contributed by atoms with Gasteiger partial charge < -0.3 is 48.6 Å². The van der Waals surface area contributed by atoms with Crippen molar-refractivity contribution in [3.8, 4) is 23.0 Å². The van der Waals surface area contributed by atoms with Gasteiger partial charge in [-0.1, -0.05) is 60.7 Å². The number of ether oxygens (including phenoxy) is 4. The molecule has 0 bridgehead atoms. The predicted octanol–water partition coefficient (Wildman–Crippen LogP) is 9.30. The quantitative estimate of drug-likeness (QED) is 0.119. The van der Waals surface area contributed by atoms with Gasteiger partial charge in [-0.3, -0.25) is 28.8 Å². The molecule has 378 valence electrons. The van der Waals surface area contributed by atoms with Gasteiger partial charge in [0.05, 0.1) is 38.0 Å². The van der Waals surface area contributed by atoms with Crippen molar-refractivity contribution in [3.63, 3.8) is 0 Å². The van der Waals surface area contributed by atoms with Gasteiger partial charge in [-0.05, 0) is 54.6 Å². The first-order valence-corrected chi connectivity index (χ1v) is 22.3. The van der Waals surface area contributed by atoms with Gasteiger partial charge in [0.15, 0.2) is 0 Å². The minimum atomic E-state index is -4.78. The largest absolute Gasteiger partial charge is 0.573 e. The lowest BCUT2D eigenvalue weighted by Crippen LogP contribution is -2.21. The van der Waals surface area contributed by atoms with E-state index in [9.17, 15) is 41.9 Å². The van der Waals surface area contributed by atoms with Crippen molar-refractivity contribution in [1.29, 1.82) is 0 Å². The zero-order chi connectivity index (χ0) is 53.3. The lowest BCUT2D eigenvalue weighted by atomic mass is 10.1. The van der Waals surface area contributed by atoms with Crippen LogP contribution in [-0.4, -0.2) is 59.1 Å². The fraction of sp³-hybridized carbons (Fsp3) is 0.127. The Morgan fingerprint density at radius 1 is 0.405 bits per heavy atom. The number of benzene rings is 6. The van der Waals surface area contributed by atoms with Crippen LogP contribution in [0.1, 0.15) is 31.1 Å². The number of alkyl halides is 3. The number of hydrogen-bond acceptors (Lipinski definition) is 10. The second-order valence-electron chi connectivity index (χ2n) is 16.3. The number of fused-ring (bicyclic) bond motifs is 3. The molecule has 74 heavy (non-hydrogen) atoms. The van der Waals surface area contributed by atoms with Crippen LogP contribution in [-0.2, 0) is 21.1 Å². The van der Waals surface area contributed by atoms with Crippen molar-refractivity contribution in [2.45, 2.75) is 6.36 Å². The van der Waals surface area contributed by atoms with E-state index in [1.165, 1.54) is 45.3 Å². The molecule has 0 spiro atoms. The third kappa shape index (κ3) is 12.3. The Hall–Kier alpha value is -9.65. The molecule has 0 aliphatic rings. The summed E-state index contributed by atoms with van der Waals surface area (Å²) in [6, 6.07) is 37.9. The van der Waals surface area contributed by atoms with Gasteiger partial charge in [0.25, 0.3) is 34.4 Å². The third-order valence-electron chi connectivity index (χ3n) is 11.3. The van der Waals surface area contributed by atoms with E-state index in [4.69, 9.17) is 14.2 Å². The molecule has 0 unspecified atom stereocenters. The summed E-state index contributed by atoms with van der Waals surface area (Å²) in [6.07, 6.45) is -0.267. The van der Waals surface area contributed by atoms with E-state index in [2.05, 4.69) is 20.7 Å². The summed E-state index contributed by atoms with van der Waals surface area (Å²) in [4.78, 5) is 74.5. The molecule has 9 aromatic rings. The minimum absolute atomic E-state index is 0.126. The normalized spacial score (nSPS) is 10.8. The van der Waals surface area contributed by atoms with E-state index >= 15 is 0 Å². The Morgan fingerprint density at radius 2 is 0.757 bits per heavy atom. The van der Waals surface area contributed by atoms with Crippen LogP contribution in [0.25, 0.3) is 32.3 Å². The fourth-order valence-corrected chi connectivity index (χ4v) is 7.71. The maximum atomic E-state index is 12.8. The summed E-state index contributed by atoms with van der Waals surface area (Å²) in [5.74, 6) is 0.338. The first-order chi connectivity index (χ1) is 35.4. The van der Waals surface area contributed by atoms with Crippen LogP contribution in [0.5, 0.6) is 23.0 Å². The topological polar surface area (TPSA) is 190 Å². The number of nitrogens with zero attached hydrogens (tertiary/aromatic N) is 3. The van der Waals surface area contributed by atoms with Gasteiger partial charge in [0.1, 0.15) is 23.0 Å². The van der Waals surface area contributed by atoms with Crippen molar-refractivity contribution in [3.05, 3.63) is 206 Å². The summed E-state index contributed by atoms with van der Waals surface area (Å²) in [5.41, 5.74) is 2.11. The fourth-order valence-electron chi connectivity index (χ4n) is 7.71. The summed E-state index contributed by atoms with van der Waals surface area (Å²) in [5, 5.41) is 11.4. The molecule has 0 saturated carbocycles. The van der Waals surface area contributed by atoms with E-state index in [1.807, 2.05) is 6.07 Å². The van der Waals surface area contributed by atoms with Crippen molar-refractivity contribution in [2.75, 3.05) is 37.3 Å². The number of halogens is 3. The van der Waals surface area contributed by atoms with Crippen LogP contribution in [0.4, 0.5) is 30.2 Å². The molecule has 3 amide bonds. The van der Waals surface area contributed by atoms with Gasteiger partial charge >= 0.3 is 6.36 Å². The highest BCUT2D eigenvalue weighted by Crippen LogP contribution is 2.28. The Labute approximate surface area is 419 Å². The highest BCUT2D eigenvalue weighted by atomic mass is 19.4. The number of methoxy groups -OCH3 is 3. The highest BCUT2D eigenvalue weighted by Gasteiger charge is 2.31. The lowest BCUT2D eigenvalue weighted by molar-refractivity contribution is -0.274. The molecule has 3 N–H and O–H groups in total. The zero-order valence-corrected chi connectivity index (χ0v) is 40.6. The maximum absolute atomic E-state index is 12.8. The highest BCUT2D eigenvalue weighted by molar-refractivity contribution is 6.14. The molecule has 0 saturated heterocycles. The van der Waals surface area contributed by atoms with E-state index in [0.29, 0.717) is 77.8 Å². The smallest absolute Gasteiger partial charge is 0.497 e. The number of carbonyl (C=O) groups excluding carboxylic acids is 3. The average molecular weight is 1010 g/mol. The van der Waals surface area contributed by atoms with Gasteiger partial charge in [-0.25, -0.2) is 0 Å².